The molecule has 8 nitrogen and oxygen atoms in total. The van der Waals surface area contributed by atoms with Crippen LogP contribution >= 0.6 is 0 Å². The van der Waals surface area contributed by atoms with Crippen molar-refractivity contribution < 1.29 is 21.6 Å². The molecule has 0 aliphatic rings. The number of sulfonamides is 2. The summed E-state index contributed by atoms with van der Waals surface area (Å²) in [5.74, 6) is -0.255. The van der Waals surface area contributed by atoms with Gasteiger partial charge in [0.2, 0.25) is 10.0 Å². The van der Waals surface area contributed by atoms with Gasteiger partial charge in [-0.2, -0.15) is 0 Å². The van der Waals surface area contributed by atoms with Gasteiger partial charge in [0.05, 0.1) is 9.79 Å². The topological polar surface area (TPSA) is 104 Å². The van der Waals surface area contributed by atoms with Gasteiger partial charge in [-0.1, -0.05) is 6.07 Å². The van der Waals surface area contributed by atoms with E-state index in [9.17, 15) is 21.6 Å². The van der Waals surface area contributed by atoms with Crippen LogP contribution < -0.4 is 4.72 Å². The summed E-state index contributed by atoms with van der Waals surface area (Å²) in [6.45, 7) is 0. The van der Waals surface area contributed by atoms with E-state index in [0.717, 1.165) is 4.31 Å². The zero-order valence-corrected chi connectivity index (χ0v) is 17.0. The van der Waals surface area contributed by atoms with Gasteiger partial charge < -0.3 is 4.90 Å². The van der Waals surface area contributed by atoms with Crippen molar-refractivity contribution in [2.24, 2.45) is 0 Å². The molecule has 2 aromatic carbocycles. The second-order valence-electron chi connectivity index (χ2n) is 6.14. The third-order valence-electron chi connectivity index (χ3n) is 3.68. The predicted octanol–water partition coefficient (Wildman–Crippen LogP) is 1.44. The average molecular weight is 412 g/mol. The van der Waals surface area contributed by atoms with Gasteiger partial charge in [-0.25, -0.2) is 21.1 Å². The maximum absolute atomic E-state index is 12.5. The van der Waals surface area contributed by atoms with Crippen LogP contribution in [0.25, 0.3) is 0 Å². The van der Waals surface area contributed by atoms with Crippen LogP contribution in [0.1, 0.15) is 10.4 Å². The lowest BCUT2D eigenvalue weighted by Crippen LogP contribution is -2.22. The predicted molar refractivity (Wildman–Crippen MR) is 103 cm³/mol. The van der Waals surface area contributed by atoms with Gasteiger partial charge in [-0.15, -0.1) is 0 Å². The summed E-state index contributed by atoms with van der Waals surface area (Å²) < 4.78 is 52.7. The highest BCUT2D eigenvalue weighted by Crippen LogP contribution is 2.20. The second-order valence-corrected chi connectivity index (χ2v) is 9.98. The number of hydrogen-bond acceptors (Lipinski definition) is 5. The zero-order valence-electron chi connectivity index (χ0n) is 15.4. The largest absolute Gasteiger partial charge is 0.345 e. The maximum Gasteiger partial charge on any atom is 0.261 e. The first-order chi connectivity index (χ1) is 12.4. The number of benzene rings is 2. The molecule has 0 unspecified atom stereocenters. The smallest absolute Gasteiger partial charge is 0.261 e. The van der Waals surface area contributed by atoms with Crippen molar-refractivity contribution in [1.29, 1.82) is 0 Å². The average Bonchev–Trinajstić information content (AvgIpc) is 2.60. The summed E-state index contributed by atoms with van der Waals surface area (Å²) in [4.78, 5) is 13.3. The van der Waals surface area contributed by atoms with Gasteiger partial charge >= 0.3 is 0 Å². The molecule has 0 heterocycles. The molecule has 1 N–H and O–H groups in total. The molecule has 0 aliphatic heterocycles. The Morgan fingerprint density at radius 3 is 1.93 bits per heavy atom. The summed E-state index contributed by atoms with van der Waals surface area (Å²) in [5.41, 5.74) is 0.570. The lowest BCUT2D eigenvalue weighted by Gasteiger charge is -2.13. The molecule has 0 saturated heterocycles. The Morgan fingerprint density at radius 2 is 1.41 bits per heavy atom. The van der Waals surface area contributed by atoms with Crippen LogP contribution in [0.3, 0.4) is 0 Å². The highest BCUT2D eigenvalue weighted by molar-refractivity contribution is 7.92. The van der Waals surface area contributed by atoms with E-state index >= 15 is 0 Å². The normalized spacial score (nSPS) is 12.0. The summed E-state index contributed by atoms with van der Waals surface area (Å²) in [5, 5.41) is 0. The Morgan fingerprint density at radius 1 is 0.852 bits per heavy atom. The van der Waals surface area contributed by atoms with Gasteiger partial charge in [0, 0.05) is 39.4 Å². The first-order valence-corrected chi connectivity index (χ1v) is 10.7. The second kappa shape index (κ2) is 7.67. The molecule has 1 amide bonds. The molecule has 0 saturated carbocycles. The number of nitrogens with zero attached hydrogens (tertiary/aromatic N) is 2. The zero-order chi connectivity index (χ0) is 20.4. The summed E-state index contributed by atoms with van der Waals surface area (Å²) in [7, 11) is -1.60. The molecule has 146 valence electrons. The minimum absolute atomic E-state index is 0.00923. The van der Waals surface area contributed by atoms with Crippen molar-refractivity contribution in [2.45, 2.75) is 9.79 Å². The van der Waals surface area contributed by atoms with E-state index < -0.39 is 20.0 Å². The molecule has 0 atom stereocenters. The van der Waals surface area contributed by atoms with E-state index in [1.54, 1.807) is 26.2 Å². The molecule has 2 rings (SSSR count). The fourth-order valence-corrected chi connectivity index (χ4v) is 4.14. The Labute approximate surface area is 159 Å². The van der Waals surface area contributed by atoms with Crippen LogP contribution in [0.2, 0.25) is 0 Å². The Kier molecular flexibility index (Phi) is 5.93. The summed E-state index contributed by atoms with van der Waals surface area (Å²) in [6, 6.07) is 11.0. The van der Waals surface area contributed by atoms with Crippen molar-refractivity contribution in [2.75, 3.05) is 32.9 Å². The first kappa shape index (κ1) is 20.9. The Bertz CT molecular complexity index is 1040. The quantitative estimate of drug-likeness (QED) is 0.775. The fourth-order valence-electron chi connectivity index (χ4n) is 2.19. The molecule has 27 heavy (non-hydrogen) atoms. The van der Waals surface area contributed by atoms with E-state index in [-0.39, 0.29) is 21.4 Å². The van der Waals surface area contributed by atoms with E-state index in [1.165, 1.54) is 55.4 Å². The number of rotatable bonds is 6. The molecule has 0 spiro atoms. The highest BCUT2D eigenvalue weighted by Gasteiger charge is 2.20. The molecule has 0 aromatic heterocycles. The number of anilines is 1. The van der Waals surface area contributed by atoms with Crippen molar-refractivity contribution in [1.82, 2.24) is 9.21 Å². The number of nitrogens with one attached hydrogen (secondary N) is 1. The Balaban J connectivity index is 2.30. The summed E-state index contributed by atoms with van der Waals surface area (Å²) in [6.07, 6.45) is 0. The molecule has 10 heteroatoms. The van der Waals surface area contributed by atoms with E-state index in [2.05, 4.69) is 4.72 Å². The molecule has 0 radical (unpaired) electrons. The number of amides is 1. The number of carbonyl (C=O) groups excluding carboxylic acids is 1. The molecular weight excluding hydrogens is 390 g/mol. The molecular formula is C17H21N3O5S2. The summed E-state index contributed by atoms with van der Waals surface area (Å²) >= 11 is 0. The molecule has 0 fully saturated rings. The van der Waals surface area contributed by atoms with Gasteiger partial charge in [0.15, 0.2) is 0 Å². The minimum atomic E-state index is -3.94. The minimum Gasteiger partial charge on any atom is -0.345 e. The van der Waals surface area contributed by atoms with Crippen molar-refractivity contribution in [3.05, 3.63) is 54.1 Å². The van der Waals surface area contributed by atoms with Crippen LogP contribution in [0.5, 0.6) is 0 Å². The van der Waals surface area contributed by atoms with Crippen molar-refractivity contribution in [3.63, 3.8) is 0 Å². The molecule has 0 aliphatic carbocycles. The standard InChI is InChI=1S/C17H21N3O5S2/c1-19(2)17(21)13-6-5-7-14(12-13)18-26(22,23)15-8-10-16(11-9-15)27(24,25)20(3)4/h5-12,18H,1-4H3. The van der Waals surface area contributed by atoms with Crippen molar-refractivity contribution in [3.8, 4) is 0 Å². The third-order valence-corrected chi connectivity index (χ3v) is 6.91. The lowest BCUT2D eigenvalue weighted by molar-refractivity contribution is 0.0827. The monoisotopic (exact) mass is 411 g/mol. The molecule has 0 bridgehead atoms. The molecule has 2 aromatic rings. The van der Waals surface area contributed by atoms with Crippen LogP contribution in [-0.4, -0.2) is 60.1 Å². The van der Waals surface area contributed by atoms with Gasteiger partial charge in [-0.3, -0.25) is 9.52 Å². The maximum atomic E-state index is 12.5. The number of hydrogen-bond donors (Lipinski definition) is 1. The third kappa shape index (κ3) is 4.65. The van der Waals surface area contributed by atoms with Crippen LogP contribution in [0, 0.1) is 0 Å². The van der Waals surface area contributed by atoms with Crippen molar-refractivity contribution >= 4 is 31.6 Å². The van der Waals surface area contributed by atoms with Gasteiger partial charge in [-0.05, 0) is 42.5 Å². The highest BCUT2D eigenvalue weighted by atomic mass is 32.2. The van der Waals surface area contributed by atoms with E-state index in [4.69, 9.17) is 0 Å². The fraction of sp³-hybridized carbons (Fsp3) is 0.235. The van der Waals surface area contributed by atoms with Crippen LogP contribution in [0.15, 0.2) is 58.3 Å². The lowest BCUT2D eigenvalue weighted by atomic mass is 10.2. The number of carbonyl (C=O) groups is 1. The van der Waals surface area contributed by atoms with Gasteiger partial charge in [0.1, 0.15) is 0 Å². The van der Waals surface area contributed by atoms with E-state index in [0.29, 0.717) is 5.56 Å². The Hall–Kier alpha value is -2.43. The SMILES string of the molecule is CN(C)C(=O)c1cccc(NS(=O)(=O)c2ccc(S(=O)(=O)N(C)C)cc2)c1. The van der Waals surface area contributed by atoms with Gasteiger partial charge in [0.25, 0.3) is 15.9 Å². The van der Waals surface area contributed by atoms with E-state index in [1.807, 2.05) is 0 Å². The first-order valence-electron chi connectivity index (χ1n) is 7.82. The van der Waals surface area contributed by atoms with Crippen LogP contribution in [-0.2, 0) is 20.0 Å². The van der Waals surface area contributed by atoms with Crippen LogP contribution in [0.4, 0.5) is 5.69 Å².